The topological polar surface area (TPSA) is 81.1 Å². The van der Waals surface area contributed by atoms with Crippen LogP contribution in [0.4, 0.5) is 5.82 Å². The summed E-state index contributed by atoms with van der Waals surface area (Å²) in [4.78, 5) is 13.1. The van der Waals surface area contributed by atoms with E-state index in [1.165, 1.54) is 12.1 Å². The van der Waals surface area contributed by atoms with Crippen LogP contribution in [-0.4, -0.2) is 30.4 Å². The second-order valence-electron chi connectivity index (χ2n) is 7.63. The third-order valence-corrected chi connectivity index (χ3v) is 6.25. The van der Waals surface area contributed by atoms with Crippen LogP contribution in [0.5, 0.6) is 0 Å². The van der Waals surface area contributed by atoms with Gasteiger partial charge < -0.3 is 5.32 Å². The largest absolute Gasteiger partial charge is 0.307 e. The summed E-state index contributed by atoms with van der Waals surface area (Å²) >= 11 is 0. The van der Waals surface area contributed by atoms with E-state index in [9.17, 15) is 13.2 Å². The number of aryl methyl sites for hydroxylation is 1. The van der Waals surface area contributed by atoms with Gasteiger partial charge in [0.05, 0.1) is 17.1 Å². The fourth-order valence-electron chi connectivity index (χ4n) is 3.44. The van der Waals surface area contributed by atoms with Crippen LogP contribution >= 0.6 is 0 Å². The highest BCUT2D eigenvalue weighted by Crippen LogP contribution is 2.26. The van der Waals surface area contributed by atoms with Gasteiger partial charge in [-0.3, -0.25) is 4.79 Å². The molecule has 0 spiro atoms. The molecule has 1 amide bonds. The molecule has 162 valence electrons. The van der Waals surface area contributed by atoms with E-state index in [0.29, 0.717) is 12.4 Å². The van der Waals surface area contributed by atoms with Crippen molar-refractivity contribution < 1.29 is 13.2 Å². The third kappa shape index (κ3) is 4.78. The van der Waals surface area contributed by atoms with Crippen LogP contribution in [0.3, 0.4) is 0 Å². The molecule has 32 heavy (non-hydrogen) atoms. The molecular weight excluding hydrogens is 422 g/mol. The van der Waals surface area contributed by atoms with E-state index in [1.807, 2.05) is 67.6 Å². The Labute approximate surface area is 187 Å². The first-order chi connectivity index (χ1) is 15.3. The van der Waals surface area contributed by atoms with E-state index < -0.39 is 15.7 Å². The number of amides is 1. The SMILES string of the molecule is Cc1ccccc1-c1cc(NC(=O)c2cccc(S(C)(=O)=O)c2)n(Cc2ccccc2)n1. The third-order valence-electron chi connectivity index (χ3n) is 5.14. The van der Waals surface area contributed by atoms with Gasteiger partial charge in [0.1, 0.15) is 5.82 Å². The van der Waals surface area contributed by atoms with Crippen molar-refractivity contribution in [3.63, 3.8) is 0 Å². The second kappa shape index (κ2) is 8.80. The molecule has 1 N–H and O–H groups in total. The average molecular weight is 446 g/mol. The van der Waals surface area contributed by atoms with Gasteiger partial charge in [-0.05, 0) is 36.2 Å². The van der Waals surface area contributed by atoms with E-state index in [4.69, 9.17) is 5.10 Å². The Morgan fingerprint density at radius 3 is 2.38 bits per heavy atom. The molecule has 6 nitrogen and oxygen atoms in total. The summed E-state index contributed by atoms with van der Waals surface area (Å²) in [5, 5.41) is 7.65. The zero-order valence-electron chi connectivity index (χ0n) is 17.8. The van der Waals surface area contributed by atoms with E-state index in [1.54, 1.807) is 16.8 Å². The zero-order chi connectivity index (χ0) is 22.7. The summed E-state index contributed by atoms with van der Waals surface area (Å²) < 4.78 is 25.5. The number of carbonyl (C=O) groups excluding carboxylic acids is 1. The summed E-state index contributed by atoms with van der Waals surface area (Å²) in [6, 6.07) is 25.6. The molecule has 4 rings (SSSR count). The Kier molecular flexibility index (Phi) is 5.92. The Bertz CT molecular complexity index is 1380. The van der Waals surface area contributed by atoms with Crippen molar-refractivity contribution in [2.24, 2.45) is 0 Å². The standard InChI is InChI=1S/C25H23N3O3S/c1-18-9-6-7-14-22(18)23-16-24(28(27-23)17-19-10-4-3-5-11-19)26-25(29)20-12-8-13-21(15-20)32(2,30)31/h3-16H,17H2,1-2H3,(H,26,29). The van der Waals surface area contributed by atoms with E-state index in [-0.39, 0.29) is 10.5 Å². The van der Waals surface area contributed by atoms with E-state index >= 15 is 0 Å². The monoisotopic (exact) mass is 445 g/mol. The van der Waals surface area contributed by atoms with Gasteiger partial charge in [-0.25, -0.2) is 13.1 Å². The minimum absolute atomic E-state index is 0.101. The molecule has 0 radical (unpaired) electrons. The van der Waals surface area contributed by atoms with Crippen molar-refractivity contribution in [3.8, 4) is 11.3 Å². The van der Waals surface area contributed by atoms with Crippen LogP contribution in [0.2, 0.25) is 0 Å². The van der Waals surface area contributed by atoms with Crippen LogP contribution in [0, 0.1) is 6.92 Å². The molecule has 0 fully saturated rings. The fraction of sp³-hybridized carbons (Fsp3) is 0.120. The molecule has 0 aliphatic rings. The molecule has 0 atom stereocenters. The molecule has 0 saturated carbocycles. The Hall–Kier alpha value is -3.71. The van der Waals surface area contributed by atoms with Crippen molar-refractivity contribution in [2.75, 3.05) is 11.6 Å². The van der Waals surface area contributed by atoms with E-state index in [2.05, 4.69) is 5.32 Å². The maximum absolute atomic E-state index is 13.0. The quantitative estimate of drug-likeness (QED) is 0.472. The molecule has 0 unspecified atom stereocenters. The summed E-state index contributed by atoms with van der Waals surface area (Å²) in [6.07, 6.45) is 1.12. The lowest BCUT2D eigenvalue weighted by atomic mass is 10.1. The first-order valence-corrected chi connectivity index (χ1v) is 12.0. The predicted octanol–water partition coefficient (Wildman–Crippen LogP) is 4.56. The van der Waals surface area contributed by atoms with Gasteiger partial charge in [0, 0.05) is 23.4 Å². The minimum atomic E-state index is -3.41. The van der Waals surface area contributed by atoms with Crippen LogP contribution in [-0.2, 0) is 16.4 Å². The van der Waals surface area contributed by atoms with Gasteiger partial charge in [-0.15, -0.1) is 0 Å². The lowest BCUT2D eigenvalue weighted by molar-refractivity contribution is 0.102. The number of hydrogen-bond donors (Lipinski definition) is 1. The van der Waals surface area contributed by atoms with Gasteiger partial charge in [-0.2, -0.15) is 5.10 Å². The Balaban J connectivity index is 1.70. The highest BCUT2D eigenvalue weighted by atomic mass is 32.2. The van der Waals surface area contributed by atoms with Crippen molar-refractivity contribution in [1.29, 1.82) is 0 Å². The number of carbonyl (C=O) groups is 1. The van der Waals surface area contributed by atoms with Gasteiger partial charge >= 0.3 is 0 Å². The maximum Gasteiger partial charge on any atom is 0.256 e. The molecule has 0 aliphatic carbocycles. The number of aromatic nitrogens is 2. The number of rotatable bonds is 6. The Morgan fingerprint density at radius 2 is 1.66 bits per heavy atom. The smallest absolute Gasteiger partial charge is 0.256 e. The number of nitrogens with one attached hydrogen (secondary N) is 1. The normalized spacial score (nSPS) is 11.3. The molecule has 3 aromatic carbocycles. The molecule has 0 bridgehead atoms. The number of nitrogens with zero attached hydrogens (tertiary/aromatic N) is 2. The average Bonchev–Trinajstić information content (AvgIpc) is 3.16. The van der Waals surface area contributed by atoms with Gasteiger partial charge in [0.25, 0.3) is 5.91 Å². The summed E-state index contributed by atoms with van der Waals surface area (Å²) in [5.41, 5.74) is 4.11. The summed E-state index contributed by atoms with van der Waals surface area (Å²) in [5.74, 6) is 0.128. The van der Waals surface area contributed by atoms with Crippen molar-refractivity contribution in [2.45, 2.75) is 18.4 Å². The van der Waals surface area contributed by atoms with Crippen LogP contribution in [0.15, 0.2) is 89.8 Å². The van der Waals surface area contributed by atoms with Crippen molar-refractivity contribution in [1.82, 2.24) is 9.78 Å². The summed E-state index contributed by atoms with van der Waals surface area (Å²) in [6.45, 7) is 2.49. The first-order valence-electron chi connectivity index (χ1n) is 10.1. The molecule has 4 aromatic rings. The molecule has 0 saturated heterocycles. The molecule has 1 heterocycles. The number of sulfone groups is 1. The van der Waals surface area contributed by atoms with Crippen molar-refractivity contribution >= 4 is 21.6 Å². The van der Waals surface area contributed by atoms with E-state index in [0.717, 1.165) is 28.6 Å². The maximum atomic E-state index is 13.0. The van der Waals surface area contributed by atoms with Crippen LogP contribution < -0.4 is 5.32 Å². The zero-order valence-corrected chi connectivity index (χ0v) is 18.6. The number of hydrogen-bond acceptors (Lipinski definition) is 4. The predicted molar refractivity (Wildman–Crippen MR) is 125 cm³/mol. The lowest BCUT2D eigenvalue weighted by Crippen LogP contribution is -2.16. The Morgan fingerprint density at radius 1 is 0.938 bits per heavy atom. The van der Waals surface area contributed by atoms with Gasteiger partial charge in [0.15, 0.2) is 9.84 Å². The highest BCUT2D eigenvalue weighted by molar-refractivity contribution is 7.90. The second-order valence-corrected chi connectivity index (χ2v) is 9.64. The number of benzene rings is 3. The molecule has 0 aliphatic heterocycles. The fourth-order valence-corrected chi connectivity index (χ4v) is 4.11. The minimum Gasteiger partial charge on any atom is -0.307 e. The first kappa shape index (κ1) is 21.5. The molecule has 7 heteroatoms. The van der Waals surface area contributed by atoms with Gasteiger partial charge in [-0.1, -0.05) is 60.7 Å². The molecular formula is C25H23N3O3S. The highest BCUT2D eigenvalue weighted by Gasteiger charge is 2.16. The summed E-state index contributed by atoms with van der Waals surface area (Å²) in [7, 11) is -3.41. The van der Waals surface area contributed by atoms with Gasteiger partial charge in [0.2, 0.25) is 0 Å². The molecule has 1 aromatic heterocycles. The lowest BCUT2D eigenvalue weighted by Gasteiger charge is -2.10. The van der Waals surface area contributed by atoms with Crippen molar-refractivity contribution in [3.05, 3.63) is 102 Å². The number of anilines is 1. The van der Waals surface area contributed by atoms with Crippen LogP contribution in [0.25, 0.3) is 11.3 Å². The van der Waals surface area contributed by atoms with Crippen LogP contribution in [0.1, 0.15) is 21.5 Å².